The Morgan fingerprint density at radius 3 is 1.05 bits per heavy atom. The van der Waals surface area contributed by atoms with Crippen LogP contribution in [-0.2, 0) is 19.1 Å². The van der Waals surface area contributed by atoms with Gasteiger partial charge in [-0.2, -0.15) is 0 Å². The minimum Gasteiger partial charge on any atom is -0.462 e. The van der Waals surface area contributed by atoms with E-state index in [0.717, 1.165) is 32.1 Å². The first-order valence-electron chi connectivity index (χ1n) is 18.6. The van der Waals surface area contributed by atoms with E-state index in [4.69, 9.17) is 9.47 Å². The summed E-state index contributed by atoms with van der Waals surface area (Å²) in [6, 6.07) is 0. The third kappa shape index (κ3) is 31.8. The van der Waals surface area contributed by atoms with Gasteiger partial charge in [0.2, 0.25) is 0 Å². The molecule has 42 heavy (non-hydrogen) atoms. The fraction of sp³-hybridized carbons (Fsp3) is 0.946. The maximum absolute atomic E-state index is 12.1. The molecule has 5 nitrogen and oxygen atoms in total. The molecule has 1 atom stereocenters. The van der Waals surface area contributed by atoms with Gasteiger partial charge in [0.25, 0.3) is 0 Å². The van der Waals surface area contributed by atoms with Crippen LogP contribution in [0.15, 0.2) is 0 Å². The first kappa shape index (κ1) is 40.9. The lowest BCUT2D eigenvalue weighted by Crippen LogP contribution is -2.28. The molecule has 0 radical (unpaired) electrons. The highest BCUT2D eigenvalue weighted by Crippen LogP contribution is 2.15. The maximum atomic E-state index is 12.1. The summed E-state index contributed by atoms with van der Waals surface area (Å²) in [7, 11) is 0. The summed E-state index contributed by atoms with van der Waals surface area (Å²) in [6.07, 6.45) is 35.8. The molecule has 0 aromatic heterocycles. The molecule has 0 fully saturated rings. The lowest BCUT2D eigenvalue weighted by molar-refractivity contribution is -0.161. The van der Waals surface area contributed by atoms with Crippen LogP contribution in [0.4, 0.5) is 0 Å². The number of hydrogen-bond acceptors (Lipinski definition) is 5. The number of carbonyl (C=O) groups is 2. The molecule has 0 amide bonds. The van der Waals surface area contributed by atoms with Gasteiger partial charge in [-0.1, -0.05) is 181 Å². The van der Waals surface area contributed by atoms with E-state index >= 15 is 0 Å². The molecule has 0 aromatic carbocycles. The number of unbranched alkanes of at least 4 members (excludes halogenated alkanes) is 26. The largest absolute Gasteiger partial charge is 0.462 e. The van der Waals surface area contributed by atoms with E-state index in [1.165, 1.54) is 148 Å². The summed E-state index contributed by atoms with van der Waals surface area (Å²) in [5.74, 6) is -0.578. The Bertz CT molecular complexity index is 564. The highest BCUT2D eigenvalue weighted by molar-refractivity contribution is 5.70. The minimum atomic E-state index is -0.760. The quantitative estimate of drug-likeness (QED) is 0.0591. The van der Waals surface area contributed by atoms with Crippen LogP contribution in [0.25, 0.3) is 0 Å². The lowest BCUT2D eigenvalue weighted by atomic mass is 10.0. The fourth-order valence-electron chi connectivity index (χ4n) is 5.55. The molecule has 0 aliphatic carbocycles. The van der Waals surface area contributed by atoms with Gasteiger partial charge in [-0.3, -0.25) is 9.59 Å². The van der Waals surface area contributed by atoms with Crippen LogP contribution >= 0.6 is 0 Å². The second-order valence-electron chi connectivity index (χ2n) is 12.7. The van der Waals surface area contributed by atoms with Crippen molar-refractivity contribution in [3.63, 3.8) is 0 Å². The second-order valence-corrected chi connectivity index (χ2v) is 12.7. The number of ether oxygens (including phenoxy) is 2. The number of aliphatic hydroxyl groups excluding tert-OH is 1. The first-order chi connectivity index (χ1) is 20.6. The predicted octanol–water partition coefficient (Wildman–Crippen LogP) is 11.2. The molecule has 5 heteroatoms. The van der Waals surface area contributed by atoms with Crippen molar-refractivity contribution in [1.29, 1.82) is 0 Å². The van der Waals surface area contributed by atoms with E-state index in [1.54, 1.807) is 0 Å². The van der Waals surface area contributed by atoms with Gasteiger partial charge in [-0.05, 0) is 12.8 Å². The van der Waals surface area contributed by atoms with E-state index in [-0.39, 0.29) is 25.2 Å². The summed E-state index contributed by atoms with van der Waals surface area (Å²) in [4.78, 5) is 24.2. The molecule has 0 rings (SSSR count). The molecule has 0 saturated heterocycles. The number of aliphatic hydroxyl groups is 1. The number of carbonyl (C=O) groups excluding carboxylic acids is 2. The van der Waals surface area contributed by atoms with Gasteiger partial charge in [0.05, 0.1) is 6.61 Å². The molecule has 0 saturated carbocycles. The SMILES string of the molecule is CCCCCCCCCCCCCCCCCC(=O)OC(CO)COC(=O)CCCCCCCCCCCCCCC. The van der Waals surface area contributed by atoms with Crippen LogP contribution in [0.2, 0.25) is 0 Å². The average Bonchev–Trinajstić information content (AvgIpc) is 2.99. The second kappa shape index (κ2) is 34.4. The third-order valence-electron chi connectivity index (χ3n) is 8.40. The summed E-state index contributed by atoms with van der Waals surface area (Å²) in [5.41, 5.74) is 0. The van der Waals surface area contributed by atoms with Crippen LogP contribution in [0.1, 0.15) is 206 Å². The third-order valence-corrected chi connectivity index (χ3v) is 8.40. The number of hydrogen-bond donors (Lipinski definition) is 1. The van der Waals surface area contributed by atoms with E-state index < -0.39 is 6.10 Å². The molecule has 1 unspecified atom stereocenters. The standard InChI is InChI=1S/C37H72O5/c1-3-5-7-9-11-13-15-17-18-20-22-24-26-28-30-32-37(40)42-35(33-38)34-41-36(39)31-29-27-25-23-21-19-16-14-12-10-8-6-4-2/h35,38H,3-34H2,1-2H3. The Balaban J connectivity index is 3.51. The molecule has 0 aliphatic rings. The molecular formula is C37H72O5. The Morgan fingerprint density at radius 1 is 0.452 bits per heavy atom. The molecule has 0 spiro atoms. The number of rotatable bonds is 34. The smallest absolute Gasteiger partial charge is 0.306 e. The van der Waals surface area contributed by atoms with Crippen molar-refractivity contribution in [3.05, 3.63) is 0 Å². The van der Waals surface area contributed by atoms with Crippen LogP contribution < -0.4 is 0 Å². The molecule has 1 N–H and O–H groups in total. The van der Waals surface area contributed by atoms with E-state index in [1.807, 2.05) is 0 Å². The zero-order chi connectivity index (χ0) is 30.8. The molecule has 250 valence electrons. The number of esters is 2. The summed E-state index contributed by atoms with van der Waals surface area (Å²) < 4.78 is 10.6. The highest BCUT2D eigenvalue weighted by Gasteiger charge is 2.16. The van der Waals surface area contributed by atoms with Crippen molar-refractivity contribution in [3.8, 4) is 0 Å². The van der Waals surface area contributed by atoms with Gasteiger partial charge in [-0.25, -0.2) is 0 Å². The predicted molar refractivity (Wildman–Crippen MR) is 178 cm³/mol. The maximum Gasteiger partial charge on any atom is 0.306 e. The van der Waals surface area contributed by atoms with E-state index in [0.29, 0.717) is 12.8 Å². The zero-order valence-corrected chi connectivity index (χ0v) is 28.3. The van der Waals surface area contributed by atoms with Gasteiger partial charge in [0, 0.05) is 12.8 Å². The molecule has 0 bridgehead atoms. The summed E-state index contributed by atoms with van der Waals surface area (Å²) in [6.45, 7) is 4.15. The van der Waals surface area contributed by atoms with Gasteiger partial charge < -0.3 is 14.6 Å². The van der Waals surface area contributed by atoms with Crippen molar-refractivity contribution in [2.75, 3.05) is 13.2 Å². The minimum absolute atomic E-state index is 0.0572. The molecule has 0 aliphatic heterocycles. The van der Waals surface area contributed by atoms with Gasteiger partial charge in [0.15, 0.2) is 6.10 Å². The Hall–Kier alpha value is -1.10. The highest BCUT2D eigenvalue weighted by atomic mass is 16.6. The fourth-order valence-corrected chi connectivity index (χ4v) is 5.55. The van der Waals surface area contributed by atoms with E-state index in [2.05, 4.69) is 13.8 Å². The van der Waals surface area contributed by atoms with Crippen LogP contribution in [0.5, 0.6) is 0 Å². The van der Waals surface area contributed by atoms with Crippen molar-refractivity contribution in [2.24, 2.45) is 0 Å². The Morgan fingerprint density at radius 2 is 0.738 bits per heavy atom. The van der Waals surface area contributed by atoms with Gasteiger partial charge in [0.1, 0.15) is 6.61 Å². The molecular weight excluding hydrogens is 524 g/mol. The van der Waals surface area contributed by atoms with Crippen LogP contribution in [0.3, 0.4) is 0 Å². The monoisotopic (exact) mass is 597 g/mol. The lowest BCUT2D eigenvalue weighted by Gasteiger charge is -2.15. The summed E-state index contributed by atoms with van der Waals surface area (Å²) in [5, 5.41) is 9.52. The topological polar surface area (TPSA) is 72.8 Å². The van der Waals surface area contributed by atoms with E-state index in [9.17, 15) is 14.7 Å². The Kier molecular flexibility index (Phi) is 33.5. The first-order valence-corrected chi connectivity index (χ1v) is 18.6. The van der Waals surface area contributed by atoms with Crippen molar-refractivity contribution >= 4 is 11.9 Å². The van der Waals surface area contributed by atoms with Gasteiger partial charge >= 0.3 is 11.9 Å². The average molecular weight is 597 g/mol. The molecule has 0 aromatic rings. The van der Waals surface area contributed by atoms with Gasteiger partial charge in [-0.15, -0.1) is 0 Å². The zero-order valence-electron chi connectivity index (χ0n) is 28.3. The Labute approximate surface area is 261 Å². The summed E-state index contributed by atoms with van der Waals surface area (Å²) >= 11 is 0. The van der Waals surface area contributed by atoms with Crippen LogP contribution in [-0.4, -0.2) is 36.4 Å². The van der Waals surface area contributed by atoms with Crippen molar-refractivity contribution < 1.29 is 24.2 Å². The van der Waals surface area contributed by atoms with Crippen molar-refractivity contribution in [1.82, 2.24) is 0 Å². The van der Waals surface area contributed by atoms with Crippen molar-refractivity contribution in [2.45, 2.75) is 213 Å². The molecule has 0 heterocycles. The normalized spacial score (nSPS) is 12.0. The van der Waals surface area contributed by atoms with Crippen LogP contribution in [0, 0.1) is 0 Å².